The van der Waals surface area contributed by atoms with E-state index in [2.05, 4.69) is 25.6 Å². The highest BCUT2D eigenvalue weighted by molar-refractivity contribution is 7.90. The molecule has 0 saturated carbocycles. The van der Waals surface area contributed by atoms with Crippen LogP contribution in [0.25, 0.3) is 10.2 Å². The first-order valence-electron chi connectivity index (χ1n) is 9.32. The second-order valence-corrected chi connectivity index (χ2v) is 14.1. The molecule has 2 aromatic carbocycles. The number of anilines is 4. The largest absolute Gasteiger partial charge is 0.338 e. The highest BCUT2D eigenvalue weighted by Crippen LogP contribution is 2.38. The van der Waals surface area contributed by atoms with Crippen molar-refractivity contribution in [1.82, 2.24) is 15.0 Å². The van der Waals surface area contributed by atoms with Crippen LogP contribution in [-0.4, -0.2) is 43.0 Å². The lowest BCUT2D eigenvalue weighted by molar-refractivity contribution is 0.588. The van der Waals surface area contributed by atoms with E-state index in [1.807, 2.05) is 24.3 Å². The van der Waals surface area contributed by atoms with Crippen LogP contribution < -0.4 is 15.9 Å². The van der Waals surface area contributed by atoms with Gasteiger partial charge in [0.2, 0.25) is 5.95 Å². The summed E-state index contributed by atoms with van der Waals surface area (Å²) in [6.45, 7) is 3.40. The summed E-state index contributed by atoms with van der Waals surface area (Å²) in [6, 6.07) is 12.1. The van der Waals surface area contributed by atoms with Gasteiger partial charge in [0.15, 0.2) is 20.8 Å². The van der Waals surface area contributed by atoms with Crippen molar-refractivity contribution >= 4 is 78.0 Å². The molecule has 4 rings (SSSR count). The molecule has 0 aliphatic carbocycles. The quantitative estimate of drug-likeness (QED) is 0.355. The third kappa shape index (κ3) is 4.94. The number of nitrogens with one attached hydrogen (secondary N) is 2. The first kappa shape index (κ1) is 22.7. The van der Waals surface area contributed by atoms with Crippen LogP contribution in [0, 0.1) is 0 Å². The number of sulfone groups is 1. The monoisotopic (exact) mass is 507 g/mol. The molecule has 0 unspecified atom stereocenters. The number of hydrogen-bond donors (Lipinski definition) is 2. The zero-order chi connectivity index (χ0) is 23.1. The molecule has 4 aromatic rings. The molecule has 0 amide bonds. The topological polar surface area (TPSA) is 114 Å². The molecule has 0 radical (unpaired) electrons. The van der Waals surface area contributed by atoms with Crippen LogP contribution in [0.2, 0.25) is 5.02 Å². The number of hydrogen-bond acceptors (Lipinski definition) is 9. The van der Waals surface area contributed by atoms with Gasteiger partial charge in [-0.25, -0.2) is 18.4 Å². The molecule has 2 aromatic heterocycles. The maximum atomic E-state index is 12.6. The van der Waals surface area contributed by atoms with Crippen molar-refractivity contribution < 1.29 is 13.0 Å². The minimum atomic E-state index is -3.31. The number of rotatable bonds is 6. The van der Waals surface area contributed by atoms with Crippen LogP contribution in [-0.2, 0) is 14.4 Å². The predicted octanol–water partition coefficient (Wildman–Crippen LogP) is 4.88. The number of halogens is 1. The fraction of sp³-hybridized carbons (Fsp3) is 0.150. The van der Waals surface area contributed by atoms with Crippen LogP contribution in [0.15, 0.2) is 53.6 Å². The van der Waals surface area contributed by atoms with Crippen LogP contribution >= 0.6 is 30.1 Å². The van der Waals surface area contributed by atoms with Crippen LogP contribution in [0.1, 0.15) is 0 Å². The molecule has 166 valence electrons. The SMILES string of the molecule is CP(C)(=O)c1ccccc1Nc1nc(Nc2nc3ccc(S(C)(=O)=O)cc3s2)ncc1Cl. The van der Waals surface area contributed by atoms with E-state index in [1.54, 1.807) is 25.5 Å². The summed E-state index contributed by atoms with van der Waals surface area (Å²) in [5.41, 5.74) is 1.31. The minimum absolute atomic E-state index is 0.234. The lowest BCUT2D eigenvalue weighted by atomic mass is 10.3. The zero-order valence-corrected chi connectivity index (χ0v) is 20.6. The van der Waals surface area contributed by atoms with Gasteiger partial charge in [-0.05, 0) is 43.7 Å². The van der Waals surface area contributed by atoms with Crippen molar-refractivity contribution in [3.05, 3.63) is 53.7 Å². The molecule has 0 fully saturated rings. The lowest BCUT2D eigenvalue weighted by Crippen LogP contribution is -2.10. The Balaban J connectivity index is 1.63. The number of para-hydroxylation sites is 1. The second-order valence-electron chi connectivity index (χ2n) is 7.43. The first-order valence-corrected chi connectivity index (χ1v) is 15.0. The fourth-order valence-corrected chi connectivity index (χ4v) is 5.89. The molecule has 0 bridgehead atoms. The van der Waals surface area contributed by atoms with Gasteiger partial charge in [0.05, 0.1) is 27.0 Å². The summed E-state index contributed by atoms with van der Waals surface area (Å²) in [7, 11) is -5.83. The van der Waals surface area contributed by atoms with Crippen molar-refractivity contribution in [2.24, 2.45) is 0 Å². The Kier molecular flexibility index (Phi) is 5.98. The van der Waals surface area contributed by atoms with E-state index in [0.717, 1.165) is 4.70 Å². The zero-order valence-electron chi connectivity index (χ0n) is 17.3. The van der Waals surface area contributed by atoms with Gasteiger partial charge in [-0.3, -0.25) is 5.32 Å². The normalized spacial score (nSPS) is 12.1. The van der Waals surface area contributed by atoms with Crippen molar-refractivity contribution in [3.8, 4) is 0 Å². The van der Waals surface area contributed by atoms with Crippen molar-refractivity contribution in [1.29, 1.82) is 0 Å². The average molecular weight is 508 g/mol. The number of thiazole rings is 1. The summed E-state index contributed by atoms with van der Waals surface area (Å²) < 4.78 is 36.9. The second kappa shape index (κ2) is 8.44. The molecule has 32 heavy (non-hydrogen) atoms. The van der Waals surface area contributed by atoms with Crippen molar-refractivity contribution in [2.45, 2.75) is 4.90 Å². The molecule has 0 aliphatic rings. The Hall–Kier alpha value is -2.52. The highest BCUT2D eigenvalue weighted by atomic mass is 35.5. The maximum absolute atomic E-state index is 12.6. The Labute approximate surface area is 194 Å². The number of aromatic nitrogens is 3. The average Bonchev–Trinajstić information content (AvgIpc) is 3.11. The first-order chi connectivity index (χ1) is 15.0. The molecule has 12 heteroatoms. The number of benzene rings is 2. The highest BCUT2D eigenvalue weighted by Gasteiger charge is 2.17. The van der Waals surface area contributed by atoms with Crippen LogP contribution in [0.3, 0.4) is 0 Å². The third-order valence-corrected chi connectivity index (χ3v) is 8.36. The number of nitrogens with zero attached hydrogens (tertiary/aromatic N) is 3. The summed E-state index contributed by atoms with van der Waals surface area (Å²) in [5.74, 6) is 0.610. The van der Waals surface area contributed by atoms with E-state index in [0.29, 0.717) is 32.5 Å². The van der Waals surface area contributed by atoms with E-state index < -0.39 is 17.0 Å². The summed E-state index contributed by atoms with van der Waals surface area (Å²) >= 11 is 7.57. The van der Waals surface area contributed by atoms with Gasteiger partial charge in [0.1, 0.15) is 12.2 Å². The van der Waals surface area contributed by atoms with Gasteiger partial charge < -0.3 is 9.88 Å². The summed E-state index contributed by atoms with van der Waals surface area (Å²) in [5, 5.41) is 7.67. The molecule has 8 nitrogen and oxygen atoms in total. The van der Waals surface area contributed by atoms with E-state index in [1.165, 1.54) is 29.9 Å². The van der Waals surface area contributed by atoms with Gasteiger partial charge >= 0.3 is 0 Å². The molecule has 2 N–H and O–H groups in total. The maximum Gasteiger partial charge on any atom is 0.231 e. The molecule has 0 atom stereocenters. The Bertz CT molecular complexity index is 1480. The van der Waals surface area contributed by atoms with Crippen molar-refractivity contribution in [2.75, 3.05) is 30.2 Å². The third-order valence-electron chi connectivity index (χ3n) is 4.49. The van der Waals surface area contributed by atoms with Crippen LogP contribution in [0.5, 0.6) is 0 Å². The van der Waals surface area contributed by atoms with E-state index >= 15 is 0 Å². The molecular formula is C20H19ClN5O3PS2. The smallest absolute Gasteiger partial charge is 0.231 e. The molecule has 0 aliphatic heterocycles. The molecular weight excluding hydrogens is 489 g/mol. The number of fused-ring (bicyclic) bond motifs is 1. The summed E-state index contributed by atoms with van der Waals surface area (Å²) in [4.78, 5) is 13.3. The van der Waals surface area contributed by atoms with Gasteiger partial charge in [-0.2, -0.15) is 4.98 Å². The Morgan fingerprint density at radius 2 is 1.81 bits per heavy atom. The minimum Gasteiger partial charge on any atom is -0.338 e. The Morgan fingerprint density at radius 3 is 2.53 bits per heavy atom. The van der Waals surface area contributed by atoms with E-state index in [9.17, 15) is 13.0 Å². The molecule has 2 heterocycles. The Morgan fingerprint density at radius 1 is 1.06 bits per heavy atom. The fourth-order valence-electron chi connectivity index (χ4n) is 2.98. The molecule has 0 saturated heterocycles. The van der Waals surface area contributed by atoms with E-state index in [-0.39, 0.29) is 10.8 Å². The van der Waals surface area contributed by atoms with Gasteiger partial charge in [-0.1, -0.05) is 35.1 Å². The standard InChI is InChI=1S/C20H19ClN5O3PS2/c1-30(2,27)16-7-5-4-6-14(16)23-18-13(21)11-22-19(25-18)26-20-24-15-9-8-12(32(3,28)29)10-17(15)31-20/h4-11H,1-3H3,(H2,22,23,24,25,26). The van der Waals surface area contributed by atoms with Crippen LogP contribution in [0.4, 0.5) is 22.6 Å². The van der Waals surface area contributed by atoms with Crippen molar-refractivity contribution in [3.63, 3.8) is 0 Å². The summed E-state index contributed by atoms with van der Waals surface area (Å²) in [6.07, 6.45) is 2.62. The van der Waals surface area contributed by atoms with E-state index in [4.69, 9.17) is 11.6 Å². The van der Waals surface area contributed by atoms with Gasteiger partial charge in [-0.15, -0.1) is 0 Å². The van der Waals surface area contributed by atoms with Gasteiger partial charge in [0.25, 0.3) is 0 Å². The lowest BCUT2D eigenvalue weighted by Gasteiger charge is -2.15. The predicted molar refractivity (Wildman–Crippen MR) is 132 cm³/mol. The van der Waals surface area contributed by atoms with Gasteiger partial charge in [0, 0.05) is 11.6 Å². The molecule has 0 spiro atoms.